The Balaban J connectivity index is 1.45. The molecule has 1 fully saturated rings. The fourth-order valence-electron chi connectivity index (χ4n) is 4.02. The van der Waals surface area contributed by atoms with Gasteiger partial charge in [0, 0.05) is 38.6 Å². The average Bonchev–Trinajstić information content (AvgIpc) is 2.88. The summed E-state index contributed by atoms with van der Waals surface area (Å²) >= 11 is 0. The van der Waals surface area contributed by atoms with Gasteiger partial charge in [0.2, 0.25) is 6.41 Å². The number of nitrogens with zero attached hydrogens (tertiary/aromatic N) is 2. The van der Waals surface area contributed by atoms with E-state index >= 15 is 0 Å². The van der Waals surface area contributed by atoms with Gasteiger partial charge in [-0.3, -0.25) is 14.5 Å². The molecule has 8 heteroatoms. The predicted octanol–water partition coefficient (Wildman–Crippen LogP) is 2.73. The van der Waals surface area contributed by atoms with E-state index in [-0.39, 0.29) is 13.0 Å². The molecular weight excluding hydrogens is 434 g/mol. The smallest absolute Gasteiger partial charge is 0.329 e. The molecule has 0 aliphatic carbocycles. The van der Waals surface area contributed by atoms with Crippen molar-refractivity contribution >= 4 is 12.4 Å². The van der Waals surface area contributed by atoms with Crippen molar-refractivity contribution in [1.82, 2.24) is 15.3 Å². The molecule has 0 radical (unpaired) electrons. The van der Waals surface area contributed by atoms with E-state index in [2.05, 4.69) is 17.1 Å². The quantitative estimate of drug-likeness (QED) is 0.250. The van der Waals surface area contributed by atoms with Crippen molar-refractivity contribution < 1.29 is 24.3 Å². The largest absolute Gasteiger partial charge is 0.494 e. The number of amides is 1. The van der Waals surface area contributed by atoms with E-state index < -0.39 is 12.0 Å². The standard InChI is InChI=1S/C26H35N3O5/c1-21(28-15-13-27-14-16-28)6-5-17-33-24-11-9-22(10-12-24)18-25(26(31)32)29(20-30)34-19-23-7-3-2-4-8-23/h2-4,7-12,20-21,25,27H,5-6,13-19H2,1H3,(H,31,32). The van der Waals surface area contributed by atoms with Gasteiger partial charge in [-0.15, -0.1) is 0 Å². The van der Waals surface area contributed by atoms with Crippen LogP contribution in [0.1, 0.15) is 30.9 Å². The summed E-state index contributed by atoms with van der Waals surface area (Å²) in [7, 11) is 0. The maximum atomic E-state index is 11.8. The summed E-state index contributed by atoms with van der Waals surface area (Å²) in [4.78, 5) is 31.3. The topological polar surface area (TPSA) is 91.3 Å². The minimum atomic E-state index is -1.13. The van der Waals surface area contributed by atoms with Gasteiger partial charge in [-0.1, -0.05) is 42.5 Å². The number of nitrogens with one attached hydrogen (secondary N) is 1. The molecule has 2 unspecified atom stereocenters. The molecule has 2 aromatic carbocycles. The molecule has 2 aromatic rings. The summed E-state index contributed by atoms with van der Waals surface area (Å²) in [5.74, 6) is -0.378. The molecule has 0 spiro atoms. The third kappa shape index (κ3) is 8.13. The summed E-state index contributed by atoms with van der Waals surface area (Å²) < 4.78 is 5.87. The number of carbonyl (C=O) groups excluding carboxylic acids is 1. The van der Waals surface area contributed by atoms with Crippen molar-refractivity contribution in [2.24, 2.45) is 0 Å². The van der Waals surface area contributed by atoms with Crippen LogP contribution in [0.5, 0.6) is 5.75 Å². The van der Waals surface area contributed by atoms with Gasteiger partial charge in [-0.2, -0.15) is 0 Å². The number of rotatable bonds is 14. The number of hydroxylamine groups is 2. The number of ether oxygens (including phenoxy) is 1. The first-order valence-corrected chi connectivity index (χ1v) is 11.9. The molecule has 0 bridgehead atoms. The summed E-state index contributed by atoms with van der Waals surface area (Å²) in [6.45, 7) is 7.33. The zero-order chi connectivity index (χ0) is 24.2. The maximum absolute atomic E-state index is 11.8. The monoisotopic (exact) mass is 469 g/mol. The van der Waals surface area contributed by atoms with Gasteiger partial charge in [0.25, 0.3) is 0 Å². The Kier molecular flexibility index (Phi) is 10.3. The van der Waals surface area contributed by atoms with Crippen LogP contribution in [0.15, 0.2) is 54.6 Å². The number of carboxylic acids is 1. The third-order valence-electron chi connectivity index (χ3n) is 6.08. The van der Waals surface area contributed by atoms with E-state index in [1.54, 1.807) is 0 Å². The molecule has 0 aromatic heterocycles. The molecule has 2 N–H and O–H groups in total. The molecule has 184 valence electrons. The molecule has 2 atom stereocenters. The zero-order valence-corrected chi connectivity index (χ0v) is 19.8. The second-order valence-electron chi connectivity index (χ2n) is 8.55. The first-order valence-electron chi connectivity index (χ1n) is 11.9. The lowest BCUT2D eigenvalue weighted by atomic mass is 10.1. The van der Waals surface area contributed by atoms with Crippen LogP contribution in [0.2, 0.25) is 0 Å². The fourth-order valence-corrected chi connectivity index (χ4v) is 4.02. The second kappa shape index (κ2) is 13.7. The van der Waals surface area contributed by atoms with Crippen molar-refractivity contribution in [3.05, 3.63) is 65.7 Å². The Morgan fingerprint density at radius 2 is 1.82 bits per heavy atom. The van der Waals surface area contributed by atoms with Gasteiger partial charge in [-0.05, 0) is 43.0 Å². The van der Waals surface area contributed by atoms with Gasteiger partial charge in [-0.25, -0.2) is 9.86 Å². The van der Waals surface area contributed by atoms with Crippen LogP contribution < -0.4 is 10.1 Å². The van der Waals surface area contributed by atoms with E-state index in [4.69, 9.17) is 9.57 Å². The van der Waals surface area contributed by atoms with E-state index in [9.17, 15) is 14.7 Å². The molecule has 1 aliphatic heterocycles. The van der Waals surface area contributed by atoms with Crippen LogP contribution in [-0.2, 0) is 27.5 Å². The van der Waals surface area contributed by atoms with Crippen LogP contribution >= 0.6 is 0 Å². The lowest BCUT2D eigenvalue weighted by molar-refractivity contribution is -0.200. The Morgan fingerprint density at radius 3 is 2.47 bits per heavy atom. The predicted molar refractivity (Wildman–Crippen MR) is 129 cm³/mol. The fraction of sp³-hybridized carbons (Fsp3) is 0.462. The van der Waals surface area contributed by atoms with Crippen LogP contribution in [0.25, 0.3) is 0 Å². The van der Waals surface area contributed by atoms with Crippen molar-refractivity contribution in [2.75, 3.05) is 32.8 Å². The van der Waals surface area contributed by atoms with Gasteiger partial charge in [0.1, 0.15) is 12.4 Å². The van der Waals surface area contributed by atoms with E-state index in [0.29, 0.717) is 19.1 Å². The van der Waals surface area contributed by atoms with Crippen LogP contribution in [0, 0.1) is 0 Å². The van der Waals surface area contributed by atoms with Crippen LogP contribution in [-0.4, -0.2) is 72.3 Å². The van der Waals surface area contributed by atoms with Gasteiger partial charge in [0.05, 0.1) is 6.61 Å². The molecular formula is C26H35N3O5. The van der Waals surface area contributed by atoms with Gasteiger partial charge >= 0.3 is 5.97 Å². The number of carbonyl (C=O) groups is 2. The number of benzene rings is 2. The molecule has 34 heavy (non-hydrogen) atoms. The molecule has 3 rings (SSSR count). The molecule has 1 amide bonds. The Bertz CT molecular complexity index is 872. The first-order chi connectivity index (χ1) is 16.6. The number of piperazine rings is 1. The highest BCUT2D eigenvalue weighted by Crippen LogP contribution is 2.17. The zero-order valence-electron chi connectivity index (χ0n) is 19.8. The Labute approximate surface area is 201 Å². The van der Waals surface area contributed by atoms with E-state index in [1.807, 2.05) is 54.6 Å². The summed E-state index contributed by atoms with van der Waals surface area (Å²) in [5, 5.41) is 13.9. The highest BCUT2D eigenvalue weighted by molar-refractivity contribution is 5.76. The first kappa shape index (κ1) is 25.7. The van der Waals surface area contributed by atoms with Crippen molar-refractivity contribution in [1.29, 1.82) is 0 Å². The number of hydrogen-bond donors (Lipinski definition) is 2. The van der Waals surface area contributed by atoms with Gasteiger partial charge < -0.3 is 15.2 Å². The lowest BCUT2D eigenvalue weighted by Crippen LogP contribution is -2.47. The second-order valence-corrected chi connectivity index (χ2v) is 8.55. The highest BCUT2D eigenvalue weighted by Gasteiger charge is 2.26. The van der Waals surface area contributed by atoms with Crippen LogP contribution in [0.4, 0.5) is 0 Å². The van der Waals surface area contributed by atoms with E-state index in [0.717, 1.165) is 61.0 Å². The average molecular weight is 470 g/mol. The SMILES string of the molecule is CC(CCCOc1ccc(CC(C(=O)O)N(C=O)OCc2ccccc2)cc1)N1CCNCC1. The Morgan fingerprint density at radius 1 is 1.12 bits per heavy atom. The minimum absolute atomic E-state index is 0.114. The van der Waals surface area contributed by atoms with Crippen LogP contribution in [0.3, 0.4) is 0 Å². The van der Waals surface area contributed by atoms with Gasteiger partial charge in [0.15, 0.2) is 6.04 Å². The van der Waals surface area contributed by atoms with Crippen molar-refractivity contribution in [2.45, 2.75) is 44.9 Å². The molecule has 1 saturated heterocycles. The lowest BCUT2D eigenvalue weighted by Gasteiger charge is -2.32. The molecule has 0 saturated carbocycles. The molecule has 1 heterocycles. The summed E-state index contributed by atoms with van der Waals surface area (Å²) in [5.41, 5.74) is 1.63. The highest BCUT2D eigenvalue weighted by atomic mass is 16.7. The Hall–Kier alpha value is -2.94. The number of aliphatic carboxylic acids is 1. The summed E-state index contributed by atoms with van der Waals surface area (Å²) in [6, 6.07) is 16.0. The minimum Gasteiger partial charge on any atom is -0.494 e. The number of carboxylic acid groups (broad SMARTS) is 1. The van der Waals surface area contributed by atoms with Crippen molar-refractivity contribution in [3.8, 4) is 5.75 Å². The molecule has 8 nitrogen and oxygen atoms in total. The maximum Gasteiger partial charge on any atom is 0.329 e. The summed E-state index contributed by atoms with van der Waals surface area (Å²) in [6.07, 6.45) is 2.61. The van der Waals surface area contributed by atoms with E-state index in [1.165, 1.54) is 0 Å². The normalized spacial score (nSPS) is 15.9. The van der Waals surface area contributed by atoms with Crippen molar-refractivity contribution in [3.63, 3.8) is 0 Å². The number of hydrogen-bond acceptors (Lipinski definition) is 6. The third-order valence-corrected chi connectivity index (χ3v) is 6.08. The molecule has 1 aliphatic rings.